The number of hydrogen-bond acceptors (Lipinski definition) is 6. The lowest BCUT2D eigenvalue weighted by atomic mass is 10.2. The number of hydrazone groups is 1. The zero-order chi connectivity index (χ0) is 20.1. The van der Waals surface area contributed by atoms with E-state index in [1.165, 1.54) is 6.21 Å². The molecule has 0 bridgehead atoms. The number of carbonyl (C=O) groups excluding carboxylic acids is 1. The second-order valence-corrected chi connectivity index (χ2v) is 5.76. The number of aromatic nitrogens is 1. The van der Waals surface area contributed by atoms with Crippen molar-refractivity contribution < 1.29 is 23.7 Å². The van der Waals surface area contributed by atoms with Gasteiger partial charge in [0.1, 0.15) is 17.2 Å². The maximum absolute atomic E-state index is 12.5. The summed E-state index contributed by atoms with van der Waals surface area (Å²) in [6, 6.07) is 10.6. The SMILES string of the molecule is COc1cc(OC)c2cc(C(=O)N/N=C\c3cccc(OC)c3OC)[nH]c2c1. The third-order valence-electron chi connectivity index (χ3n) is 4.18. The number of H-pyrrole nitrogens is 1. The zero-order valence-electron chi connectivity index (χ0n) is 16.0. The molecule has 0 saturated heterocycles. The van der Waals surface area contributed by atoms with Crippen LogP contribution in [0.4, 0.5) is 0 Å². The maximum Gasteiger partial charge on any atom is 0.287 e. The predicted octanol–water partition coefficient (Wildman–Crippen LogP) is 2.97. The lowest BCUT2D eigenvalue weighted by Crippen LogP contribution is -2.17. The Morgan fingerprint density at radius 3 is 2.46 bits per heavy atom. The van der Waals surface area contributed by atoms with E-state index in [9.17, 15) is 4.79 Å². The molecule has 146 valence electrons. The van der Waals surface area contributed by atoms with Crippen LogP contribution in [0.5, 0.6) is 23.0 Å². The minimum Gasteiger partial charge on any atom is -0.497 e. The van der Waals surface area contributed by atoms with Crippen molar-refractivity contribution in [3.05, 3.63) is 47.7 Å². The Bertz CT molecular complexity index is 1030. The van der Waals surface area contributed by atoms with Crippen molar-refractivity contribution in [3.8, 4) is 23.0 Å². The van der Waals surface area contributed by atoms with Crippen LogP contribution in [0.3, 0.4) is 0 Å². The number of amides is 1. The van der Waals surface area contributed by atoms with Crippen LogP contribution in [0, 0.1) is 0 Å². The molecule has 0 aliphatic rings. The van der Waals surface area contributed by atoms with Gasteiger partial charge < -0.3 is 23.9 Å². The number of nitrogens with one attached hydrogen (secondary N) is 2. The highest BCUT2D eigenvalue weighted by Gasteiger charge is 2.14. The van der Waals surface area contributed by atoms with Crippen LogP contribution in [0.2, 0.25) is 0 Å². The molecular formula is C20H21N3O5. The van der Waals surface area contributed by atoms with Crippen molar-refractivity contribution in [3.63, 3.8) is 0 Å². The molecule has 3 rings (SSSR count). The molecule has 1 aromatic heterocycles. The fourth-order valence-corrected chi connectivity index (χ4v) is 2.82. The summed E-state index contributed by atoms with van der Waals surface area (Å²) in [4.78, 5) is 15.5. The first-order valence-corrected chi connectivity index (χ1v) is 8.40. The van der Waals surface area contributed by atoms with Gasteiger partial charge in [-0.2, -0.15) is 5.10 Å². The minimum atomic E-state index is -0.393. The fraction of sp³-hybridized carbons (Fsp3) is 0.200. The summed E-state index contributed by atoms with van der Waals surface area (Å²) >= 11 is 0. The Kier molecular flexibility index (Phi) is 5.69. The predicted molar refractivity (Wildman–Crippen MR) is 106 cm³/mol. The summed E-state index contributed by atoms with van der Waals surface area (Å²) < 4.78 is 21.2. The second-order valence-electron chi connectivity index (χ2n) is 5.76. The molecule has 0 unspecified atom stereocenters. The second kappa shape index (κ2) is 8.34. The molecule has 1 amide bonds. The summed E-state index contributed by atoms with van der Waals surface area (Å²) in [6.45, 7) is 0. The fourth-order valence-electron chi connectivity index (χ4n) is 2.82. The van der Waals surface area contributed by atoms with Gasteiger partial charge in [-0.3, -0.25) is 4.79 Å². The van der Waals surface area contributed by atoms with Gasteiger partial charge in [0.2, 0.25) is 0 Å². The van der Waals surface area contributed by atoms with E-state index in [1.54, 1.807) is 58.8 Å². The molecule has 0 fully saturated rings. The largest absolute Gasteiger partial charge is 0.497 e. The molecule has 0 spiro atoms. The van der Waals surface area contributed by atoms with Gasteiger partial charge in [-0.15, -0.1) is 0 Å². The molecule has 0 aliphatic heterocycles. The molecule has 0 atom stereocenters. The molecule has 1 heterocycles. The molecular weight excluding hydrogens is 362 g/mol. The van der Waals surface area contributed by atoms with Crippen LogP contribution in [-0.2, 0) is 0 Å². The summed E-state index contributed by atoms with van der Waals surface area (Å²) in [5.74, 6) is 1.95. The van der Waals surface area contributed by atoms with Gasteiger partial charge in [-0.05, 0) is 18.2 Å². The van der Waals surface area contributed by atoms with Crippen LogP contribution in [0.1, 0.15) is 16.1 Å². The van der Waals surface area contributed by atoms with E-state index < -0.39 is 5.91 Å². The summed E-state index contributed by atoms with van der Waals surface area (Å²) in [5.41, 5.74) is 4.23. The minimum absolute atomic E-state index is 0.344. The zero-order valence-corrected chi connectivity index (χ0v) is 16.0. The lowest BCUT2D eigenvalue weighted by molar-refractivity contribution is 0.0951. The van der Waals surface area contributed by atoms with Crippen molar-refractivity contribution in [2.45, 2.75) is 0 Å². The van der Waals surface area contributed by atoms with Crippen LogP contribution in [-0.4, -0.2) is 45.5 Å². The van der Waals surface area contributed by atoms with Crippen LogP contribution < -0.4 is 24.4 Å². The van der Waals surface area contributed by atoms with Gasteiger partial charge in [0.15, 0.2) is 11.5 Å². The van der Waals surface area contributed by atoms with Crippen LogP contribution in [0.15, 0.2) is 41.5 Å². The molecule has 0 saturated carbocycles. The van der Waals surface area contributed by atoms with Crippen molar-refractivity contribution in [1.82, 2.24) is 10.4 Å². The molecule has 8 heteroatoms. The Morgan fingerprint density at radius 2 is 1.79 bits per heavy atom. The van der Waals surface area contributed by atoms with Gasteiger partial charge in [-0.1, -0.05) is 6.07 Å². The highest BCUT2D eigenvalue weighted by Crippen LogP contribution is 2.32. The number of benzene rings is 2. The molecule has 8 nitrogen and oxygen atoms in total. The first-order chi connectivity index (χ1) is 13.6. The number of carbonyl (C=O) groups is 1. The number of nitrogens with zero attached hydrogens (tertiary/aromatic N) is 1. The number of hydrogen-bond donors (Lipinski definition) is 2. The van der Waals surface area contributed by atoms with Gasteiger partial charge in [0.05, 0.1) is 40.2 Å². The average molecular weight is 383 g/mol. The van der Waals surface area contributed by atoms with E-state index in [-0.39, 0.29) is 0 Å². The normalized spacial score (nSPS) is 10.9. The summed E-state index contributed by atoms with van der Waals surface area (Å²) in [5, 5.41) is 4.78. The number of rotatable bonds is 7. The first-order valence-electron chi connectivity index (χ1n) is 8.40. The highest BCUT2D eigenvalue weighted by molar-refractivity contribution is 6.00. The van der Waals surface area contributed by atoms with Gasteiger partial charge in [0.25, 0.3) is 5.91 Å². The third-order valence-corrected chi connectivity index (χ3v) is 4.18. The topological polar surface area (TPSA) is 94.2 Å². The van der Waals surface area contributed by atoms with E-state index >= 15 is 0 Å². The number of aromatic amines is 1. The van der Waals surface area contributed by atoms with Crippen LogP contribution in [0.25, 0.3) is 10.9 Å². The van der Waals surface area contributed by atoms with Crippen molar-refractivity contribution >= 4 is 23.0 Å². The van der Waals surface area contributed by atoms with E-state index in [0.717, 1.165) is 10.9 Å². The van der Waals surface area contributed by atoms with Crippen molar-refractivity contribution in [2.24, 2.45) is 5.10 Å². The van der Waals surface area contributed by atoms with Crippen LogP contribution >= 0.6 is 0 Å². The maximum atomic E-state index is 12.5. The number of para-hydroxylation sites is 1. The Morgan fingerprint density at radius 1 is 1.00 bits per heavy atom. The number of ether oxygens (including phenoxy) is 4. The molecule has 0 radical (unpaired) electrons. The van der Waals surface area contributed by atoms with E-state index in [4.69, 9.17) is 18.9 Å². The third kappa shape index (κ3) is 3.71. The first kappa shape index (κ1) is 19.1. The van der Waals surface area contributed by atoms with Gasteiger partial charge in [-0.25, -0.2) is 5.43 Å². The quantitative estimate of drug-likeness (QED) is 0.483. The highest BCUT2D eigenvalue weighted by atomic mass is 16.5. The average Bonchev–Trinajstić information content (AvgIpc) is 3.16. The van der Waals surface area contributed by atoms with E-state index in [2.05, 4.69) is 15.5 Å². The Balaban J connectivity index is 1.81. The standard InChI is InChI=1S/C20H21N3O5/c1-25-13-8-15-14(18(9-13)27-3)10-16(22-15)20(24)23-21-11-12-6-5-7-17(26-2)19(12)28-4/h5-11,22H,1-4H3,(H,23,24)/b21-11-. The van der Waals surface area contributed by atoms with Crippen molar-refractivity contribution in [1.29, 1.82) is 0 Å². The summed E-state index contributed by atoms with van der Waals surface area (Å²) in [6.07, 6.45) is 1.49. The Hall–Kier alpha value is -3.68. The summed E-state index contributed by atoms with van der Waals surface area (Å²) in [7, 11) is 6.23. The van der Waals surface area contributed by atoms with Gasteiger partial charge in [0, 0.05) is 23.1 Å². The van der Waals surface area contributed by atoms with Crippen molar-refractivity contribution in [2.75, 3.05) is 28.4 Å². The molecule has 3 aromatic rings. The Labute approximate surface area is 162 Å². The number of fused-ring (bicyclic) bond motifs is 1. The molecule has 0 aliphatic carbocycles. The monoisotopic (exact) mass is 383 g/mol. The van der Waals surface area contributed by atoms with E-state index in [0.29, 0.717) is 34.3 Å². The molecule has 28 heavy (non-hydrogen) atoms. The number of methoxy groups -OCH3 is 4. The molecule has 2 N–H and O–H groups in total. The van der Waals surface area contributed by atoms with Gasteiger partial charge >= 0.3 is 0 Å². The molecule has 2 aromatic carbocycles. The lowest BCUT2D eigenvalue weighted by Gasteiger charge is -2.09. The van der Waals surface area contributed by atoms with E-state index in [1.807, 2.05) is 6.07 Å². The smallest absolute Gasteiger partial charge is 0.287 e.